The van der Waals surface area contributed by atoms with E-state index < -0.39 is 35.3 Å². The molecular formula is C28H28Cl2F2N2O7S2. The van der Waals surface area contributed by atoms with Gasteiger partial charge in [-0.05, 0) is 67.0 Å². The van der Waals surface area contributed by atoms with Gasteiger partial charge in [-0.15, -0.1) is 11.8 Å². The summed E-state index contributed by atoms with van der Waals surface area (Å²) in [6.07, 6.45) is 5.62. The molecule has 1 aromatic heterocycles. The van der Waals surface area contributed by atoms with E-state index in [-0.39, 0.29) is 45.8 Å². The van der Waals surface area contributed by atoms with Crippen molar-refractivity contribution in [1.82, 2.24) is 0 Å². The Morgan fingerprint density at radius 2 is 1.77 bits per heavy atom. The SMILES string of the molecule is CSc1ccc(N(CC(=O)O[C@@H](Cc2c(Cl)c[n+]([O-])cc2Cl)c2ccc(OC(F)F)c(OCC3CC3)c2)S(C)(=O)=O)cc1. The standard InChI is InChI=1S/C28H28Cl2F2N2O7S2/c1-42-20-8-6-19(7-9-20)34(43(2,37)38)15-27(35)40-25(12-21-22(29)13-33(36)14-23(21)30)18-5-10-24(41-28(31)32)26(11-18)39-16-17-3-4-17/h5-11,13-14,17,25,28H,3-4,12,15-16H2,1-2H3/t25-/m0/s1. The van der Waals surface area contributed by atoms with Crippen LogP contribution < -0.4 is 18.5 Å². The largest absolute Gasteiger partial charge is 0.619 e. The Morgan fingerprint density at radius 1 is 1.12 bits per heavy atom. The van der Waals surface area contributed by atoms with E-state index in [0.717, 1.165) is 40.7 Å². The van der Waals surface area contributed by atoms with Crippen molar-refractivity contribution < 1.29 is 40.9 Å². The van der Waals surface area contributed by atoms with Crippen LogP contribution in [0.2, 0.25) is 10.0 Å². The average Bonchev–Trinajstić information content (AvgIpc) is 3.76. The molecule has 1 saturated carbocycles. The quantitative estimate of drug-likeness (QED) is 0.0881. The van der Waals surface area contributed by atoms with Gasteiger partial charge in [0.15, 0.2) is 23.9 Å². The third-order valence-electron chi connectivity index (χ3n) is 6.48. The number of esters is 1. The van der Waals surface area contributed by atoms with E-state index in [9.17, 15) is 27.2 Å². The number of hydrogen-bond donors (Lipinski definition) is 0. The molecule has 0 radical (unpaired) electrons. The van der Waals surface area contributed by atoms with Crippen LogP contribution in [-0.2, 0) is 26.0 Å². The normalized spacial score (nSPS) is 13.9. The molecule has 3 aromatic rings. The molecule has 43 heavy (non-hydrogen) atoms. The van der Waals surface area contributed by atoms with Gasteiger partial charge in [0.1, 0.15) is 22.7 Å². The van der Waals surface area contributed by atoms with Crippen molar-refractivity contribution in [2.24, 2.45) is 5.92 Å². The molecule has 4 rings (SSSR count). The van der Waals surface area contributed by atoms with E-state index in [1.807, 2.05) is 6.26 Å². The minimum atomic E-state index is -3.91. The zero-order valence-corrected chi connectivity index (χ0v) is 26.2. The number of carbonyl (C=O) groups is 1. The third kappa shape index (κ3) is 9.24. The summed E-state index contributed by atoms with van der Waals surface area (Å²) in [5.74, 6) is -0.811. The average molecular weight is 678 g/mol. The lowest BCUT2D eigenvalue weighted by atomic mass is 10.0. The van der Waals surface area contributed by atoms with E-state index in [0.29, 0.717) is 16.2 Å². The third-order valence-corrected chi connectivity index (χ3v) is 9.02. The Labute approximate surface area is 262 Å². The van der Waals surface area contributed by atoms with E-state index in [4.69, 9.17) is 32.7 Å². The molecule has 1 heterocycles. The summed E-state index contributed by atoms with van der Waals surface area (Å²) >= 11 is 14.1. The minimum Gasteiger partial charge on any atom is -0.619 e. The highest BCUT2D eigenvalue weighted by atomic mass is 35.5. The number of ether oxygens (including phenoxy) is 3. The molecule has 2 aromatic carbocycles. The number of hydrogen-bond acceptors (Lipinski definition) is 8. The van der Waals surface area contributed by atoms with E-state index in [2.05, 4.69) is 4.74 Å². The molecule has 1 aliphatic carbocycles. The van der Waals surface area contributed by atoms with Crippen molar-refractivity contribution in [3.05, 3.63) is 81.2 Å². The molecule has 1 aliphatic rings. The Balaban J connectivity index is 1.67. The number of carbonyl (C=O) groups excluding carboxylic acids is 1. The Hall–Kier alpha value is -3.00. The molecule has 15 heteroatoms. The molecule has 0 unspecified atom stereocenters. The minimum absolute atomic E-state index is 0.00180. The topological polar surface area (TPSA) is 109 Å². The van der Waals surface area contributed by atoms with E-state index in [1.165, 1.54) is 30.0 Å². The van der Waals surface area contributed by atoms with Crippen molar-refractivity contribution in [3.63, 3.8) is 0 Å². The molecule has 1 fully saturated rings. The summed E-state index contributed by atoms with van der Waals surface area (Å²) in [6, 6.07) is 10.7. The second-order valence-corrected chi connectivity index (χ2v) is 13.4. The smallest absolute Gasteiger partial charge is 0.387 e. The molecule has 0 saturated heterocycles. The molecule has 0 bridgehead atoms. The van der Waals surface area contributed by atoms with Crippen LogP contribution in [0.1, 0.15) is 30.1 Å². The highest BCUT2D eigenvalue weighted by molar-refractivity contribution is 7.98. The van der Waals surface area contributed by atoms with Crippen molar-refractivity contribution in [2.45, 2.75) is 36.9 Å². The van der Waals surface area contributed by atoms with Crippen LogP contribution in [0.4, 0.5) is 14.5 Å². The first-order chi connectivity index (χ1) is 20.3. The van der Waals surface area contributed by atoms with Crippen LogP contribution >= 0.6 is 35.0 Å². The number of rotatable bonds is 14. The fraction of sp³-hybridized carbons (Fsp3) is 0.357. The zero-order valence-electron chi connectivity index (χ0n) is 23.0. The number of halogens is 4. The maximum absolute atomic E-state index is 13.3. The van der Waals surface area contributed by atoms with Crippen LogP contribution in [0, 0.1) is 11.1 Å². The summed E-state index contributed by atoms with van der Waals surface area (Å²) in [6.45, 7) is -3.48. The second-order valence-electron chi connectivity index (χ2n) is 9.78. The fourth-order valence-electron chi connectivity index (χ4n) is 4.12. The molecule has 1 atom stereocenters. The predicted octanol–water partition coefficient (Wildman–Crippen LogP) is 6.03. The Bertz CT molecular complexity index is 1540. The summed E-state index contributed by atoms with van der Waals surface area (Å²) in [5, 5.41) is 11.8. The second kappa shape index (κ2) is 14.2. The van der Waals surface area contributed by atoms with Gasteiger partial charge in [0.05, 0.1) is 18.6 Å². The van der Waals surface area contributed by atoms with Crippen molar-refractivity contribution in [2.75, 3.05) is 30.0 Å². The molecule has 0 amide bonds. The van der Waals surface area contributed by atoms with Gasteiger partial charge in [0.25, 0.3) is 0 Å². The van der Waals surface area contributed by atoms with Crippen LogP contribution in [-0.4, -0.2) is 46.7 Å². The number of nitrogens with zero attached hydrogens (tertiary/aromatic N) is 2. The first kappa shape index (κ1) is 32.9. The fourth-order valence-corrected chi connectivity index (χ4v) is 5.97. The highest BCUT2D eigenvalue weighted by Crippen LogP contribution is 2.38. The van der Waals surface area contributed by atoms with Gasteiger partial charge < -0.3 is 19.4 Å². The first-order valence-electron chi connectivity index (χ1n) is 12.9. The van der Waals surface area contributed by atoms with Gasteiger partial charge in [-0.25, -0.2) is 8.42 Å². The lowest BCUT2D eigenvalue weighted by molar-refractivity contribution is -0.605. The summed E-state index contributed by atoms with van der Waals surface area (Å²) in [4.78, 5) is 14.2. The highest BCUT2D eigenvalue weighted by Gasteiger charge is 2.28. The van der Waals surface area contributed by atoms with Gasteiger partial charge in [-0.1, -0.05) is 29.3 Å². The van der Waals surface area contributed by atoms with Crippen LogP contribution in [0.15, 0.2) is 59.8 Å². The van der Waals surface area contributed by atoms with Crippen molar-refractivity contribution in [3.8, 4) is 11.5 Å². The number of benzene rings is 2. The predicted molar refractivity (Wildman–Crippen MR) is 160 cm³/mol. The van der Waals surface area contributed by atoms with Crippen LogP contribution in [0.25, 0.3) is 0 Å². The molecular weight excluding hydrogens is 649 g/mol. The molecule has 0 N–H and O–H groups in total. The van der Waals surface area contributed by atoms with Crippen molar-refractivity contribution in [1.29, 1.82) is 0 Å². The van der Waals surface area contributed by atoms with Gasteiger partial charge in [0, 0.05) is 16.9 Å². The number of anilines is 1. The van der Waals surface area contributed by atoms with Gasteiger partial charge in [0.2, 0.25) is 10.0 Å². The molecule has 0 aliphatic heterocycles. The summed E-state index contributed by atoms with van der Waals surface area (Å²) in [7, 11) is -3.91. The first-order valence-corrected chi connectivity index (χ1v) is 16.8. The maximum Gasteiger partial charge on any atom is 0.387 e. The van der Waals surface area contributed by atoms with Crippen LogP contribution in [0.5, 0.6) is 11.5 Å². The monoisotopic (exact) mass is 676 g/mol. The molecule has 0 spiro atoms. The Kier molecular flexibility index (Phi) is 10.9. The number of pyridine rings is 1. The number of sulfonamides is 1. The Morgan fingerprint density at radius 3 is 2.33 bits per heavy atom. The van der Waals surface area contributed by atoms with E-state index >= 15 is 0 Å². The number of thioether (sulfide) groups is 1. The zero-order chi connectivity index (χ0) is 31.3. The number of aromatic nitrogens is 1. The van der Waals surface area contributed by atoms with Gasteiger partial charge >= 0.3 is 12.6 Å². The van der Waals surface area contributed by atoms with Crippen LogP contribution in [0.3, 0.4) is 0 Å². The lowest BCUT2D eigenvalue weighted by Gasteiger charge is -2.25. The van der Waals surface area contributed by atoms with Gasteiger partial charge in [-0.2, -0.15) is 13.5 Å². The van der Waals surface area contributed by atoms with Gasteiger partial charge in [-0.3, -0.25) is 9.10 Å². The lowest BCUT2D eigenvalue weighted by Crippen LogP contribution is -2.36. The van der Waals surface area contributed by atoms with Crippen molar-refractivity contribution >= 4 is 56.6 Å². The van der Waals surface area contributed by atoms with E-state index in [1.54, 1.807) is 24.3 Å². The summed E-state index contributed by atoms with van der Waals surface area (Å²) < 4.78 is 69.0. The number of alkyl halides is 2. The summed E-state index contributed by atoms with van der Waals surface area (Å²) in [5.41, 5.74) is 0.836. The molecule has 232 valence electrons. The molecule has 9 nitrogen and oxygen atoms in total. The maximum atomic E-state index is 13.3.